The summed E-state index contributed by atoms with van der Waals surface area (Å²) in [5.41, 5.74) is 1.36. The minimum Gasteiger partial charge on any atom is -0.457 e. The third-order valence-electron chi connectivity index (χ3n) is 3.42. The molecule has 0 unspecified atom stereocenters. The second-order valence-corrected chi connectivity index (χ2v) is 5.00. The van der Waals surface area contributed by atoms with Crippen molar-refractivity contribution in [2.75, 3.05) is 0 Å². The molecular weight excluding hydrogens is 244 g/mol. The Morgan fingerprint density at radius 2 is 1.45 bits per heavy atom. The van der Waals surface area contributed by atoms with Crippen molar-refractivity contribution in [3.8, 4) is 11.5 Å². The van der Waals surface area contributed by atoms with Crippen molar-refractivity contribution in [1.29, 1.82) is 0 Å². The summed E-state index contributed by atoms with van der Waals surface area (Å²) < 4.78 is 5.92. The highest BCUT2D eigenvalue weighted by atomic mass is 16.5. The molecule has 0 bridgehead atoms. The fourth-order valence-corrected chi connectivity index (χ4v) is 2.38. The molecule has 0 aliphatic rings. The van der Waals surface area contributed by atoms with Gasteiger partial charge in [0, 0.05) is 0 Å². The fraction of sp³-hybridized carbons (Fsp3) is 0.158. The van der Waals surface area contributed by atoms with Gasteiger partial charge in [0.15, 0.2) is 0 Å². The van der Waals surface area contributed by atoms with Gasteiger partial charge < -0.3 is 4.74 Å². The Kier molecular flexibility index (Phi) is 3.69. The molecule has 0 saturated carbocycles. The molecule has 100 valence electrons. The highest BCUT2D eigenvalue weighted by Gasteiger charge is 1.99. The van der Waals surface area contributed by atoms with Crippen LogP contribution in [0, 0.1) is 0 Å². The third-order valence-corrected chi connectivity index (χ3v) is 3.42. The molecule has 0 fully saturated rings. The lowest BCUT2D eigenvalue weighted by Crippen LogP contribution is -1.86. The minimum absolute atomic E-state index is 0.881. The van der Waals surface area contributed by atoms with Gasteiger partial charge in [-0.3, -0.25) is 0 Å². The Hall–Kier alpha value is -2.28. The van der Waals surface area contributed by atoms with E-state index in [9.17, 15) is 0 Å². The Labute approximate surface area is 119 Å². The average Bonchev–Trinajstić information content (AvgIpc) is 2.49. The molecule has 0 radical (unpaired) electrons. The smallest absolute Gasteiger partial charge is 0.128 e. The second-order valence-electron chi connectivity index (χ2n) is 5.00. The van der Waals surface area contributed by atoms with E-state index in [1.54, 1.807) is 0 Å². The normalized spacial score (nSPS) is 10.7. The van der Waals surface area contributed by atoms with Crippen molar-refractivity contribution in [2.45, 2.75) is 19.8 Å². The molecular formula is C19H18O. The maximum atomic E-state index is 5.92. The summed E-state index contributed by atoms with van der Waals surface area (Å²) in [4.78, 5) is 0. The molecule has 20 heavy (non-hydrogen) atoms. The van der Waals surface area contributed by atoms with Gasteiger partial charge in [-0.15, -0.1) is 0 Å². The maximum absolute atomic E-state index is 5.92. The van der Waals surface area contributed by atoms with Crippen molar-refractivity contribution in [3.05, 3.63) is 72.3 Å². The van der Waals surface area contributed by atoms with Gasteiger partial charge in [0.1, 0.15) is 11.5 Å². The summed E-state index contributed by atoms with van der Waals surface area (Å²) in [6.45, 7) is 2.19. The quantitative estimate of drug-likeness (QED) is 0.596. The standard InChI is InChI=1S/C19H18O/c1-2-5-15-8-11-18(12-9-15)20-19-13-10-16-6-3-4-7-17(16)14-19/h3-4,6-14H,2,5H2,1H3. The van der Waals surface area contributed by atoms with Crippen LogP contribution in [0.25, 0.3) is 10.8 Å². The molecule has 0 spiro atoms. The number of hydrogen-bond acceptors (Lipinski definition) is 1. The molecule has 0 heterocycles. The van der Waals surface area contributed by atoms with Gasteiger partial charge in [-0.2, -0.15) is 0 Å². The molecule has 0 N–H and O–H groups in total. The highest BCUT2D eigenvalue weighted by molar-refractivity contribution is 5.83. The van der Waals surface area contributed by atoms with Crippen LogP contribution in [0.4, 0.5) is 0 Å². The minimum atomic E-state index is 0.881. The lowest BCUT2D eigenvalue weighted by atomic mass is 10.1. The SMILES string of the molecule is CCCc1ccc(Oc2ccc3ccccc3c2)cc1. The van der Waals surface area contributed by atoms with Crippen LogP contribution in [0.1, 0.15) is 18.9 Å². The molecule has 1 heteroatoms. The van der Waals surface area contributed by atoms with Crippen LogP contribution in [0.5, 0.6) is 11.5 Å². The number of aryl methyl sites for hydroxylation is 1. The molecule has 3 aromatic rings. The zero-order valence-electron chi connectivity index (χ0n) is 11.7. The van der Waals surface area contributed by atoms with Gasteiger partial charge in [-0.1, -0.05) is 55.8 Å². The molecule has 1 nitrogen and oxygen atoms in total. The van der Waals surface area contributed by atoms with Crippen molar-refractivity contribution < 1.29 is 4.74 Å². The van der Waals surface area contributed by atoms with Gasteiger partial charge in [-0.25, -0.2) is 0 Å². The predicted octanol–water partition coefficient (Wildman–Crippen LogP) is 5.58. The largest absolute Gasteiger partial charge is 0.457 e. The molecule has 0 saturated heterocycles. The number of benzene rings is 3. The molecule has 3 aromatic carbocycles. The van der Waals surface area contributed by atoms with E-state index in [-0.39, 0.29) is 0 Å². The number of hydrogen-bond donors (Lipinski definition) is 0. The zero-order valence-corrected chi connectivity index (χ0v) is 11.7. The van der Waals surface area contributed by atoms with Crippen molar-refractivity contribution >= 4 is 10.8 Å². The van der Waals surface area contributed by atoms with E-state index >= 15 is 0 Å². The van der Waals surface area contributed by atoms with E-state index < -0.39 is 0 Å². The number of fused-ring (bicyclic) bond motifs is 1. The lowest BCUT2D eigenvalue weighted by Gasteiger charge is -2.07. The summed E-state index contributed by atoms with van der Waals surface area (Å²) in [6, 6.07) is 22.9. The summed E-state index contributed by atoms with van der Waals surface area (Å²) >= 11 is 0. The molecule has 0 aliphatic heterocycles. The Morgan fingerprint density at radius 1 is 0.750 bits per heavy atom. The first-order valence-electron chi connectivity index (χ1n) is 7.11. The maximum Gasteiger partial charge on any atom is 0.128 e. The van der Waals surface area contributed by atoms with E-state index in [1.165, 1.54) is 22.8 Å². The molecule has 0 aliphatic carbocycles. The Bertz CT molecular complexity index is 698. The van der Waals surface area contributed by atoms with E-state index in [0.29, 0.717) is 0 Å². The Balaban J connectivity index is 1.81. The van der Waals surface area contributed by atoms with Crippen LogP contribution < -0.4 is 4.74 Å². The molecule has 0 atom stereocenters. The zero-order chi connectivity index (χ0) is 13.8. The summed E-state index contributed by atoms with van der Waals surface area (Å²) in [5, 5.41) is 2.44. The topological polar surface area (TPSA) is 9.23 Å². The third kappa shape index (κ3) is 2.83. The van der Waals surface area contributed by atoms with Crippen LogP contribution in [-0.4, -0.2) is 0 Å². The Morgan fingerprint density at radius 3 is 2.20 bits per heavy atom. The average molecular weight is 262 g/mol. The van der Waals surface area contributed by atoms with Crippen LogP contribution in [0.2, 0.25) is 0 Å². The molecule has 3 rings (SSSR count). The van der Waals surface area contributed by atoms with Crippen LogP contribution in [0.3, 0.4) is 0 Å². The second kappa shape index (κ2) is 5.79. The van der Waals surface area contributed by atoms with Crippen molar-refractivity contribution in [2.24, 2.45) is 0 Å². The number of rotatable bonds is 4. The van der Waals surface area contributed by atoms with Gasteiger partial charge in [0.2, 0.25) is 0 Å². The fourth-order valence-electron chi connectivity index (χ4n) is 2.38. The van der Waals surface area contributed by atoms with Crippen LogP contribution >= 0.6 is 0 Å². The van der Waals surface area contributed by atoms with Gasteiger partial charge in [0.25, 0.3) is 0 Å². The van der Waals surface area contributed by atoms with Crippen molar-refractivity contribution in [3.63, 3.8) is 0 Å². The van der Waals surface area contributed by atoms with E-state index in [4.69, 9.17) is 4.74 Å². The molecule has 0 aromatic heterocycles. The molecule has 0 amide bonds. The highest BCUT2D eigenvalue weighted by Crippen LogP contribution is 2.25. The van der Waals surface area contributed by atoms with Crippen LogP contribution in [0.15, 0.2) is 66.7 Å². The van der Waals surface area contributed by atoms with Gasteiger partial charge >= 0.3 is 0 Å². The first kappa shape index (κ1) is 12.7. The van der Waals surface area contributed by atoms with Gasteiger partial charge in [-0.05, 0) is 47.0 Å². The monoisotopic (exact) mass is 262 g/mol. The number of ether oxygens (including phenoxy) is 1. The predicted molar refractivity (Wildman–Crippen MR) is 84.5 cm³/mol. The van der Waals surface area contributed by atoms with Crippen LogP contribution in [-0.2, 0) is 6.42 Å². The van der Waals surface area contributed by atoms with Crippen molar-refractivity contribution in [1.82, 2.24) is 0 Å². The summed E-state index contributed by atoms with van der Waals surface area (Å²) in [5.74, 6) is 1.77. The first-order valence-corrected chi connectivity index (χ1v) is 7.11. The van der Waals surface area contributed by atoms with E-state index in [2.05, 4.69) is 49.4 Å². The summed E-state index contributed by atoms with van der Waals surface area (Å²) in [6.07, 6.45) is 2.29. The first-order chi connectivity index (χ1) is 9.85. The van der Waals surface area contributed by atoms with Gasteiger partial charge in [0.05, 0.1) is 0 Å². The van der Waals surface area contributed by atoms with E-state index in [1.807, 2.05) is 24.3 Å². The van der Waals surface area contributed by atoms with E-state index in [0.717, 1.165) is 17.9 Å². The lowest BCUT2D eigenvalue weighted by molar-refractivity contribution is 0.483. The summed E-state index contributed by atoms with van der Waals surface area (Å²) in [7, 11) is 0.